The van der Waals surface area contributed by atoms with Crippen molar-refractivity contribution in [1.29, 1.82) is 0 Å². The van der Waals surface area contributed by atoms with Crippen molar-refractivity contribution in [3.63, 3.8) is 0 Å². The summed E-state index contributed by atoms with van der Waals surface area (Å²) in [7, 11) is 1.70. The molecule has 8 heteroatoms. The number of nitrogens with zero attached hydrogens (tertiary/aromatic N) is 2. The van der Waals surface area contributed by atoms with Gasteiger partial charge in [-0.2, -0.15) is 0 Å². The second kappa shape index (κ2) is 11.6. The highest BCUT2D eigenvalue weighted by molar-refractivity contribution is 14.0. The molecule has 0 bridgehead atoms. The third-order valence-corrected chi connectivity index (χ3v) is 6.73. The molecule has 6 nitrogen and oxygen atoms in total. The van der Waals surface area contributed by atoms with Gasteiger partial charge in [-0.1, -0.05) is 42.5 Å². The molecule has 1 aromatic heterocycles. The van der Waals surface area contributed by atoms with Gasteiger partial charge < -0.3 is 20.6 Å². The highest BCUT2D eigenvalue weighted by Crippen LogP contribution is 2.29. The van der Waals surface area contributed by atoms with E-state index in [9.17, 15) is 9.90 Å². The standard InChI is InChI=1S/C24H28N4O2S.HI/c1-25-24(27-14-20(29)22-13-17-7-4-5-10-21(17)31-22)26-12-6-11-23(30)28-15-18-8-2-3-9-19(18)16-28;/h2-5,7-10,13,20,29H,6,11-12,14-16H2,1H3,(H2,25,26,27);1H. The van der Waals surface area contributed by atoms with Gasteiger partial charge in [0.1, 0.15) is 6.10 Å². The topological polar surface area (TPSA) is 77.0 Å². The Bertz CT molecular complexity index is 1030. The number of carbonyl (C=O) groups is 1. The zero-order chi connectivity index (χ0) is 21.6. The molecule has 1 aliphatic rings. The first-order valence-electron chi connectivity index (χ1n) is 10.6. The lowest BCUT2D eigenvalue weighted by atomic mass is 10.1. The highest BCUT2D eigenvalue weighted by atomic mass is 127. The molecule has 0 saturated heterocycles. The predicted molar refractivity (Wildman–Crippen MR) is 141 cm³/mol. The van der Waals surface area contributed by atoms with Gasteiger partial charge in [0.15, 0.2) is 5.96 Å². The third-order valence-electron chi connectivity index (χ3n) is 5.51. The van der Waals surface area contributed by atoms with Crippen molar-refractivity contribution < 1.29 is 9.90 Å². The number of aliphatic hydroxyl groups excluding tert-OH is 1. The van der Waals surface area contributed by atoms with Gasteiger partial charge in [0.05, 0.1) is 0 Å². The molecule has 3 aromatic rings. The second-order valence-electron chi connectivity index (χ2n) is 7.70. The van der Waals surface area contributed by atoms with Crippen LogP contribution in [-0.4, -0.2) is 42.0 Å². The van der Waals surface area contributed by atoms with Gasteiger partial charge >= 0.3 is 0 Å². The number of guanidine groups is 1. The van der Waals surface area contributed by atoms with Crippen molar-refractivity contribution in [1.82, 2.24) is 15.5 Å². The Labute approximate surface area is 209 Å². The number of halogens is 1. The first-order valence-corrected chi connectivity index (χ1v) is 11.4. The van der Waals surface area contributed by atoms with Gasteiger partial charge in [-0.25, -0.2) is 0 Å². The summed E-state index contributed by atoms with van der Waals surface area (Å²) in [6, 6.07) is 18.4. The number of rotatable bonds is 7. The number of fused-ring (bicyclic) bond motifs is 2. The molecule has 4 rings (SSSR count). The van der Waals surface area contributed by atoms with E-state index in [1.54, 1.807) is 18.4 Å². The van der Waals surface area contributed by atoms with E-state index >= 15 is 0 Å². The average molecular weight is 564 g/mol. The summed E-state index contributed by atoms with van der Waals surface area (Å²) in [5.74, 6) is 0.808. The molecular formula is C24H29IN4O2S. The third kappa shape index (κ3) is 5.99. The molecule has 32 heavy (non-hydrogen) atoms. The number of benzene rings is 2. The minimum atomic E-state index is -0.602. The van der Waals surface area contributed by atoms with E-state index in [4.69, 9.17) is 0 Å². The SMILES string of the molecule is CN=C(NCCCC(=O)N1Cc2ccccc2C1)NCC(O)c1cc2ccccc2s1.I. The van der Waals surface area contributed by atoms with E-state index in [1.807, 2.05) is 35.2 Å². The molecule has 1 unspecified atom stereocenters. The van der Waals surface area contributed by atoms with E-state index in [0.717, 1.165) is 16.7 Å². The van der Waals surface area contributed by atoms with Crippen molar-refractivity contribution in [2.45, 2.75) is 32.0 Å². The molecule has 1 amide bonds. The fraction of sp³-hybridized carbons (Fsp3) is 0.333. The summed E-state index contributed by atoms with van der Waals surface area (Å²) in [5, 5.41) is 18.1. The van der Waals surface area contributed by atoms with Crippen LogP contribution in [0.1, 0.15) is 34.9 Å². The molecule has 2 aromatic carbocycles. The lowest BCUT2D eigenvalue weighted by Gasteiger charge is -2.16. The maximum absolute atomic E-state index is 12.5. The van der Waals surface area contributed by atoms with Crippen LogP contribution in [0.15, 0.2) is 59.6 Å². The minimum absolute atomic E-state index is 0. The molecule has 0 saturated carbocycles. The summed E-state index contributed by atoms with van der Waals surface area (Å²) in [6.07, 6.45) is 0.627. The number of thiophene rings is 1. The van der Waals surface area contributed by atoms with Crippen LogP contribution in [-0.2, 0) is 17.9 Å². The van der Waals surface area contributed by atoms with Gasteiger partial charge in [0.25, 0.3) is 0 Å². The molecule has 1 aliphatic heterocycles. The average Bonchev–Trinajstić information content (AvgIpc) is 3.42. The number of amides is 1. The van der Waals surface area contributed by atoms with Crippen LogP contribution >= 0.6 is 35.3 Å². The number of aliphatic hydroxyl groups is 1. The van der Waals surface area contributed by atoms with Crippen LogP contribution < -0.4 is 10.6 Å². The second-order valence-corrected chi connectivity index (χ2v) is 8.82. The van der Waals surface area contributed by atoms with Gasteiger partial charge in [-0.05, 0) is 35.1 Å². The highest BCUT2D eigenvalue weighted by Gasteiger charge is 2.22. The van der Waals surface area contributed by atoms with E-state index in [1.165, 1.54) is 15.8 Å². The van der Waals surface area contributed by atoms with Crippen molar-refractivity contribution >= 4 is 57.3 Å². The molecule has 0 fully saturated rings. The zero-order valence-electron chi connectivity index (χ0n) is 18.1. The molecule has 0 radical (unpaired) electrons. The molecule has 2 heterocycles. The first-order chi connectivity index (χ1) is 15.1. The molecule has 0 aliphatic carbocycles. The maximum Gasteiger partial charge on any atom is 0.223 e. The van der Waals surface area contributed by atoms with Crippen molar-refractivity contribution in [2.24, 2.45) is 4.99 Å². The molecule has 1 atom stereocenters. The number of carbonyl (C=O) groups excluding carboxylic acids is 1. The Morgan fingerprint density at radius 2 is 1.81 bits per heavy atom. The number of aliphatic imine (C=N–C) groups is 1. The predicted octanol–water partition coefficient (Wildman–Crippen LogP) is 4.04. The van der Waals surface area contributed by atoms with Crippen LogP contribution in [0.4, 0.5) is 0 Å². The molecular weight excluding hydrogens is 535 g/mol. The summed E-state index contributed by atoms with van der Waals surface area (Å²) in [5.41, 5.74) is 2.49. The lowest BCUT2D eigenvalue weighted by Crippen LogP contribution is -2.40. The van der Waals surface area contributed by atoms with Crippen LogP contribution in [0.2, 0.25) is 0 Å². The van der Waals surface area contributed by atoms with E-state index in [2.05, 4.69) is 39.9 Å². The van der Waals surface area contributed by atoms with Gasteiger partial charge in [0, 0.05) is 49.2 Å². The summed E-state index contributed by atoms with van der Waals surface area (Å²) in [6.45, 7) is 2.44. The Hall–Kier alpha value is -2.17. The fourth-order valence-electron chi connectivity index (χ4n) is 3.80. The van der Waals surface area contributed by atoms with Crippen molar-refractivity contribution in [3.05, 3.63) is 70.6 Å². The Morgan fingerprint density at radius 3 is 2.50 bits per heavy atom. The summed E-state index contributed by atoms with van der Waals surface area (Å²) < 4.78 is 1.17. The van der Waals surface area contributed by atoms with E-state index < -0.39 is 6.10 Å². The van der Waals surface area contributed by atoms with Gasteiger partial charge in [-0.3, -0.25) is 9.79 Å². The quantitative estimate of drug-likeness (QED) is 0.175. The normalized spacial score (nSPS) is 14.1. The number of hydrogen-bond acceptors (Lipinski definition) is 4. The summed E-state index contributed by atoms with van der Waals surface area (Å²) in [4.78, 5) is 19.6. The maximum atomic E-state index is 12.5. The molecule has 170 valence electrons. The molecule has 0 spiro atoms. The Kier molecular flexibility index (Phi) is 8.89. The van der Waals surface area contributed by atoms with E-state index in [-0.39, 0.29) is 29.9 Å². The Morgan fingerprint density at radius 1 is 1.12 bits per heavy atom. The smallest absolute Gasteiger partial charge is 0.223 e. The van der Waals surface area contributed by atoms with Gasteiger partial charge in [-0.15, -0.1) is 35.3 Å². The van der Waals surface area contributed by atoms with Gasteiger partial charge in [0.2, 0.25) is 5.91 Å². The fourth-order valence-corrected chi connectivity index (χ4v) is 4.85. The van der Waals surface area contributed by atoms with Crippen LogP contribution in [0.25, 0.3) is 10.1 Å². The largest absolute Gasteiger partial charge is 0.386 e. The van der Waals surface area contributed by atoms with Crippen LogP contribution in [0, 0.1) is 0 Å². The van der Waals surface area contributed by atoms with Crippen molar-refractivity contribution in [3.8, 4) is 0 Å². The first kappa shape index (κ1) is 24.5. The van der Waals surface area contributed by atoms with E-state index in [0.29, 0.717) is 38.6 Å². The number of hydrogen-bond donors (Lipinski definition) is 3. The molecule has 3 N–H and O–H groups in total. The van der Waals surface area contributed by atoms with Crippen LogP contribution in [0.5, 0.6) is 0 Å². The van der Waals surface area contributed by atoms with Crippen molar-refractivity contribution in [2.75, 3.05) is 20.1 Å². The monoisotopic (exact) mass is 564 g/mol. The minimum Gasteiger partial charge on any atom is -0.386 e. The number of nitrogens with one attached hydrogen (secondary N) is 2. The zero-order valence-corrected chi connectivity index (χ0v) is 21.2. The lowest BCUT2D eigenvalue weighted by molar-refractivity contribution is -0.131. The summed E-state index contributed by atoms with van der Waals surface area (Å²) >= 11 is 1.60. The van der Waals surface area contributed by atoms with Crippen LogP contribution in [0.3, 0.4) is 0 Å². The Balaban J connectivity index is 0.00000289.